The molecule has 3 aromatic rings. The van der Waals surface area contributed by atoms with Crippen molar-refractivity contribution in [2.45, 2.75) is 11.8 Å². The van der Waals surface area contributed by atoms with Gasteiger partial charge in [0.25, 0.3) is 15.9 Å². The van der Waals surface area contributed by atoms with Gasteiger partial charge < -0.3 is 14.8 Å². The Morgan fingerprint density at radius 3 is 2.46 bits per heavy atom. The summed E-state index contributed by atoms with van der Waals surface area (Å²) in [5.74, 6) is -2.38. The lowest BCUT2D eigenvalue weighted by Gasteiger charge is -2.19. The smallest absolute Gasteiger partial charge is 0.337 e. The van der Waals surface area contributed by atoms with Crippen LogP contribution >= 0.6 is 0 Å². The van der Waals surface area contributed by atoms with Crippen LogP contribution in [0.1, 0.15) is 28.6 Å². The van der Waals surface area contributed by atoms with Gasteiger partial charge in [-0.1, -0.05) is 30.3 Å². The first-order chi connectivity index (χ1) is 16.7. The number of benzene rings is 2. The first-order valence-electron chi connectivity index (χ1n) is 10.1. The predicted octanol–water partition coefficient (Wildman–Crippen LogP) is 2.46. The Hall–Kier alpha value is -4.55. The Morgan fingerprint density at radius 2 is 1.83 bits per heavy atom. The van der Waals surface area contributed by atoms with E-state index in [1.165, 1.54) is 19.3 Å². The second-order valence-electron chi connectivity index (χ2n) is 7.28. The Balaban J connectivity index is 1.72. The molecule has 2 heterocycles. The summed E-state index contributed by atoms with van der Waals surface area (Å²) in [6.45, 7) is 1.19. The summed E-state index contributed by atoms with van der Waals surface area (Å²) in [7, 11) is -4.46. The minimum absolute atomic E-state index is 0.0188. The van der Waals surface area contributed by atoms with E-state index in [1.807, 2.05) is 0 Å². The SMILES string of the molecule is CC(=O)Nc1ccc(S(=O)(=O)NN2C(=O)/C(=C/c3ccco3)N=C2c2ccccc2)cc1C(=O)O. The summed E-state index contributed by atoms with van der Waals surface area (Å²) < 4.78 is 31.6. The molecule has 12 heteroatoms. The van der Waals surface area contributed by atoms with Crippen molar-refractivity contribution in [3.63, 3.8) is 0 Å². The number of carbonyl (C=O) groups excluding carboxylic acids is 2. The van der Waals surface area contributed by atoms with Crippen molar-refractivity contribution >= 4 is 45.4 Å². The monoisotopic (exact) mass is 494 g/mol. The van der Waals surface area contributed by atoms with Crippen molar-refractivity contribution in [3.05, 3.63) is 89.5 Å². The Labute approximate surface area is 199 Å². The van der Waals surface area contributed by atoms with Gasteiger partial charge in [-0.3, -0.25) is 9.59 Å². The molecule has 1 aromatic heterocycles. The number of anilines is 1. The number of nitrogens with zero attached hydrogens (tertiary/aromatic N) is 2. The van der Waals surface area contributed by atoms with Gasteiger partial charge in [0.2, 0.25) is 5.91 Å². The van der Waals surface area contributed by atoms with Crippen LogP contribution in [0, 0.1) is 0 Å². The fourth-order valence-corrected chi connectivity index (χ4v) is 4.26. The molecule has 0 atom stereocenters. The number of carbonyl (C=O) groups is 3. The van der Waals surface area contributed by atoms with Crippen LogP contribution in [0.15, 0.2) is 86.9 Å². The van der Waals surface area contributed by atoms with Crippen LogP contribution in [0.5, 0.6) is 0 Å². The lowest BCUT2D eigenvalue weighted by atomic mass is 10.2. The fraction of sp³-hybridized carbons (Fsp3) is 0.0435. The molecule has 0 saturated heterocycles. The molecule has 0 radical (unpaired) electrons. The van der Waals surface area contributed by atoms with Crippen LogP contribution in [0.4, 0.5) is 5.69 Å². The minimum atomic E-state index is -4.46. The van der Waals surface area contributed by atoms with E-state index in [1.54, 1.807) is 42.5 Å². The Kier molecular flexibility index (Phi) is 6.32. The summed E-state index contributed by atoms with van der Waals surface area (Å²) in [6, 6.07) is 14.8. The second-order valence-corrected chi connectivity index (χ2v) is 8.94. The second kappa shape index (κ2) is 9.37. The first kappa shape index (κ1) is 23.6. The quantitative estimate of drug-likeness (QED) is 0.426. The highest BCUT2D eigenvalue weighted by Gasteiger charge is 2.35. The third-order valence-corrected chi connectivity index (χ3v) is 6.07. The van der Waals surface area contributed by atoms with Crippen LogP contribution in [0.3, 0.4) is 0 Å². The number of rotatable bonds is 7. The van der Waals surface area contributed by atoms with E-state index in [2.05, 4.69) is 15.1 Å². The van der Waals surface area contributed by atoms with E-state index >= 15 is 0 Å². The van der Waals surface area contributed by atoms with Gasteiger partial charge in [-0.2, -0.15) is 0 Å². The molecule has 1 aliphatic rings. The van der Waals surface area contributed by atoms with E-state index < -0.39 is 38.3 Å². The van der Waals surface area contributed by atoms with Crippen molar-refractivity contribution in [2.24, 2.45) is 4.99 Å². The maximum absolute atomic E-state index is 13.2. The Bertz CT molecular complexity index is 1480. The van der Waals surface area contributed by atoms with Crippen LogP contribution < -0.4 is 10.1 Å². The number of aromatic carboxylic acids is 1. The largest absolute Gasteiger partial charge is 0.478 e. The molecule has 11 nitrogen and oxygen atoms in total. The van der Waals surface area contributed by atoms with Gasteiger partial charge in [0.05, 0.1) is 22.4 Å². The third kappa shape index (κ3) is 5.03. The molecular weight excluding hydrogens is 476 g/mol. The average Bonchev–Trinajstić information content (AvgIpc) is 3.43. The summed E-state index contributed by atoms with van der Waals surface area (Å²) in [5, 5.41) is 12.6. The topological polar surface area (TPSA) is 158 Å². The first-order valence-corrected chi connectivity index (χ1v) is 11.5. The number of carboxylic acid groups (broad SMARTS) is 1. The van der Waals surface area contributed by atoms with Crippen molar-refractivity contribution in [3.8, 4) is 0 Å². The molecular formula is C23H18N4O7S. The Morgan fingerprint density at radius 1 is 1.09 bits per heavy atom. The normalized spacial score (nSPS) is 14.8. The average molecular weight is 494 g/mol. The number of nitrogens with one attached hydrogen (secondary N) is 2. The van der Waals surface area contributed by atoms with Crippen LogP contribution in [0.2, 0.25) is 0 Å². The molecule has 35 heavy (non-hydrogen) atoms. The van der Waals surface area contributed by atoms with E-state index in [9.17, 15) is 27.9 Å². The number of hydrazine groups is 1. The molecule has 2 amide bonds. The molecule has 3 N–H and O–H groups in total. The highest BCUT2D eigenvalue weighted by Crippen LogP contribution is 2.24. The van der Waals surface area contributed by atoms with Gasteiger partial charge in [-0.05, 0) is 30.3 Å². The van der Waals surface area contributed by atoms with Gasteiger partial charge in [0, 0.05) is 18.6 Å². The highest BCUT2D eigenvalue weighted by atomic mass is 32.2. The van der Waals surface area contributed by atoms with Gasteiger partial charge in [-0.15, -0.1) is 4.83 Å². The zero-order valence-corrected chi connectivity index (χ0v) is 18.9. The molecule has 0 saturated carbocycles. The molecule has 178 valence electrons. The standard InChI is InChI=1S/C23H18N4O7S/c1-14(28)24-19-10-9-17(13-18(19)23(30)31)35(32,33)26-27-21(15-6-3-2-4-7-15)25-20(22(27)29)12-16-8-5-11-34-16/h2-13,26H,1H3,(H,24,28)(H,30,31)/b20-12-. The number of hydrogen-bond donors (Lipinski definition) is 3. The molecule has 0 bridgehead atoms. The molecule has 1 aliphatic heterocycles. The van der Waals surface area contributed by atoms with Crippen LogP contribution in [-0.2, 0) is 19.6 Å². The van der Waals surface area contributed by atoms with Crippen molar-refractivity contribution in [1.29, 1.82) is 0 Å². The third-order valence-electron chi connectivity index (χ3n) is 4.77. The molecule has 0 spiro atoms. The summed E-state index contributed by atoms with van der Waals surface area (Å²) in [4.78, 5) is 42.1. The van der Waals surface area contributed by atoms with Gasteiger partial charge >= 0.3 is 5.97 Å². The number of hydrogen-bond acceptors (Lipinski definition) is 7. The van der Waals surface area contributed by atoms with E-state index in [0.717, 1.165) is 23.2 Å². The number of amidine groups is 1. The highest BCUT2D eigenvalue weighted by molar-refractivity contribution is 7.89. The van der Waals surface area contributed by atoms with Crippen LogP contribution in [0.25, 0.3) is 6.08 Å². The minimum Gasteiger partial charge on any atom is -0.478 e. The number of furan rings is 1. The number of sulfonamides is 1. The molecule has 0 fully saturated rings. The zero-order chi connectivity index (χ0) is 25.2. The lowest BCUT2D eigenvalue weighted by Crippen LogP contribution is -2.47. The summed E-state index contributed by atoms with van der Waals surface area (Å²) in [6.07, 6.45) is 2.78. The summed E-state index contributed by atoms with van der Waals surface area (Å²) in [5.41, 5.74) is -0.130. The predicted molar refractivity (Wildman–Crippen MR) is 125 cm³/mol. The van der Waals surface area contributed by atoms with Crippen molar-refractivity contribution in [2.75, 3.05) is 5.32 Å². The van der Waals surface area contributed by atoms with E-state index in [0.29, 0.717) is 11.3 Å². The van der Waals surface area contributed by atoms with Gasteiger partial charge in [0.15, 0.2) is 5.84 Å². The maximum atomic E-state index is 13.2. The fourth-order valence-electron chi connectivity index (χ4n) is 3.23. The molecule has 2 aromatic carbocycles. The lowest BCUT2D eigenvalue weighted by molar-refractivity contribution is -0.123. The van der Waals surface area contributed by atoms with Crippen molar-refractivity contribution in [1.82, 2.24) is 9.84 Å². The number of amides is 2. The van der Waals surface area contributed by atoms with E-state index in [-0.39, 0.29) is 17.2 Å². The summed E-state index contributed by atoms with van der Waals surface area (Å²) >= 11 is 0. The molecule has 0 unspecified atom stereocenters. The van der Waals surface area contributed by atoms with Crippen molar-refractivity contribution < 1.29 is 32.3 Å². The van der Waals surface area contributed by atoms with Gasteiger partial charge in [-0.25, -0.2) is 23.2 Å². The zero-order valence-electron chi connectivity index (χ0n) is 18.1. The molecule has 0 aliphatic carbocycles. The maximum Gasteiger partial charge on any atom is 0.337 e. The number of carboxylic acids is 1. The van der Waals surface area contributed by atoms with E-state index in [4.69, 9.17) is 4.42 Å². The van der Waals surface area contributed by atoms with Crippen LogP contribution in [-0.4, -0.2) is 42.2 Å². The molecule has 4 rings (SSSR count). The number of aliphatic imine (C=N–C) groups is 1. The van der Waals surface area contributed by atoms with Gasteiger partial charge in [0.1, 0.15) is 11.5 Å².